The van der Waals surface area contributed by atoms with Crippen molar-refractivity contribution < 1.29 is 14.1 Å². The summed E-state index contributed by atoms with van der Waals surface area (Å²) in [4.78, 5) is 23.6. The minimum Gasteiger partial charge on any atom is -0.359 e. The molecule has 2 amide bonds. The third-order valence-electron chi connectivity index (χ3n) is 2.93. The fourth-order valence-corrected chi connectivity index (χ4v) is 1.74. The van der Waals surface area contributed by atoms with E-state index in [1.807, 2.05) is 0 Å². The molecular formula is C14H16N4O3. The second-order valence-electron chi connectivity index (χ2n) is 4.51. The lowest BCUT2D eigenvalue weighted by atomic mass is 10.2. The number of rotatable bonds is 3. The van der Waals surface area contributed by atoms with Crippen LogP contribution in [0, 0.1) is 13.8 Å². The number of nitrogens with zero attached hydrogens (tertiary/aromatic N) is 1. The molecule has 0 bridgehead atoms. The Kier molecular flexibility index (Phi) is 4.34. The molecule has 7 heteroatoms. The molecule has 2 rings (SSSR count). The van der Waals surface area contributed by atoms with Gasteiger partial charge in [-0.2, -0.15) is 0 Å². The predicted molar refractivity (Wildman–Crippen MR) is 77.6 cm³/mol. The fraction of sp³-hybridized carbons (Fsp3) is 0.214. The van der Waals surface area contributed by atoms with Gasteiger partial charge in [-0.25, -0.2) is 0 Å². The quantitative estimate of drug-likeness (QED) is 0.738. The van der Waals surface area contributed by atoms with Crippen LogP contribution in [0.15, 0.2) is 28.8 Å². The predicted octanol–water partition coefficient (Wildman–Crippen LogP) is 1.33. The van der Waals surface area contributed by atoms with E-state index in [-0.39, 0.29) is 0 Å². The highest BCUT2D eigenvalue weighted by Gasteiger charge is 2.18. The summed E-state index contributed by atoms with van der Waals surface area (Å²) in [7, 11) is 0. The van der Waals surface area contributed by atoms with E-state index < -0.39 is 11.8 Å². The number of hydrogen-bond donors (Lipinski definition) is 3. The summed E-state index contributed by atoms with van der Waals surface area (Å²) in [6, 6.07) is 6.93. The number of aryl methyl sites for hydroxylation is 2. The summed E-state index contributed by atoms with van der Waals surface area (Å²) in [5, 5.41) is 8.67. The lowest BCUT2D eigenvalue weighted by Gasteiger charge is -2.06. The molecule has 0 saturated heterocycles. The van der Waals surface area contributed by atoms with Crippen molar-refractivity contribution in [2.75, 3.05) is 10.6 Å². The van der Waals surface area contributed by atoms with Gasteiger partial charge in [-0.05, 0) is 31.5 Å². The molecule has 0 spiro atoms. The molecule has 0 saturated carbocycles. The Bertz CT molecular complexity index is 642. The van der Waals surface area contributed by atoms with Crippen molar-refractivity contribution in [1.29, 1.82) is 0 Å². The summed E-state index contributed by atoms with van der Waals surface area (Å²) < 4.78 is 4.91. The Morgan fingerprint density at radius 2 is 1.76 bits per heavy atom. The molecule has 0 fully saturated rings. The number of aromatic nitrogens is 1. The first-order valence-corrected chi connectivity index (χ1v) is 6.35. The Morgan fingerprint density at radius 3 is 2.29 bits per heavy atom. The van der Waals surface area contributed by atoms with E-state index in [0.29, 0.717) is 29.4 Å². The molecule has 21 heavy (non-hydrogen) atoms. The van der Waals surface area contributed by atoms with Crippen LogP contribution < -0.4 is 16.4 Å². The number of benzene rings is 1. The minimum atomic E-state index is -0.785. The second-order valence-corrected chi connectivity index (χ2v) is 4.51. The molecule has 4 N–H and O–H groups in total. The second kappa shape index (κ2) is 6.19. The third-order valence-corrected chi connectivity index (χ3v) is 2.93. The maximum atomic E-state index is 11.8. The van der Waals surface area contributed by atoms with E-state index in [9.17, 15) is 9.59 Å². The summed E-state index contributed by atoms with van der Waals surface area (Å²) >= 11 is 0. The molecule has 0 aliphatic heterocycles. The highest BCUT2D eigenvalue weighted by molar-refractivity contribution is 6.43. The van der Waals surface area contributed by atoms with Gasteiger partial charge in [0.25, 0.3) is 0 Å². The molecular weight excluding hydrogens is 272 g/mol. The SMILES string of the molecule is Cc1noc(C)c1NC(=O)C(=O)Nc1ccc(CN)cc1. The normalized spacial score (nSPS) is 10.2. The van der Waals surface area contributed by atoms with Crippen molar-refractivity contribution in [3.8, 4) is 0 Å². The van der Waals surface area contributed by atoms with E-state index >= 15 is 0 Å². The van der Waals surface area contributed by atoms with Crippen molar-refractivity contribution >= 4 is 23.2 Å². The van der Waals surface area contributed by atoms with E-state index in [0.717, 1.165) is 5.56 Å². The summed E-state index contributed by atoms with van der Waals surface area (Å²) in [6.07, 6.45) is 0. The van der Waals surface area contributed by atoms with Crippen molar-refractivity contribution in [2.45, 2.75) is 20.4 Å². The van der Waals surface area contributed by atoms with E-state index in [4.69, 9.17) is 10.3 Å². The number of hydrogen-bond acceptors (Lipinski definition) is 5. The van der Waals surface area contributed by atoms with Crippen LogP contribution in [-0.2, 0) is 16.1 Å². The standard InChI is InChI=1S/C14H16N4O3/c1-8-12(9(2)21-18-8)17-14(20)13(19)16-11-5-3-10(7-15)4-6-11/h3-6H,7,15H2,1-2H3,(H,16,19)(H,17,20). The van der Waals surface area contributed by atoms with Crippen molar-refractivity contribution in [2.24, 2.45) is 5.73 Å². The monoisotopic (exact) mass is 288 g/mol. The van der Waals surface area contributed by atoms with E-state index in [1.165, 1.54) is 0 Å². The first-order chi connectivity index (χ1) is 10.0. The summed E-state index contributed by atoms with van der Waals surface area (Å²) in [5.74, 6) is -1.11. The molecule has 1 aromatic heterocycles. The number of anilines is 2. The van der Waals surface area contributed by atoms with Crippen LogP contribution in [0.2, 0.25) is 0 Å². The van der Waals surface area contributed by atoms with Crippen molar-refractivity contribution in [3.63, 3.8) is 0 Å². The van der Waals surface area contributed by atoms with Gasteiger partial charge < -0.3 is 20.9 Å². The zero-order valence-corrected chi connectivity index (χ0v) is 11.8. The Morgan fingerprint density at radius 1 is 1.14 bits per heavy atom. The average Bonchev–Trinajstić information content (AvgIpc) is 2.79. The van der Waals surface area contributed by atoms with Crippen LogP contribution in [0.5, 0.6) is 0 Å². The lowest BCUT2D eigenvalue weighted by molar-refractivity contribution is -0.133. The van der Waals surface area contributed by atoms with Gasteiger partial charge in [0.2, 0.25) is 0 Å². The summed E-state index contributed by atoms with van der Waals surface area (Å²) in [5.41, 5.74) is 7.87. The molecule has 110 valence electrons. The molecule has 0 unspecified atom stereocenters. The number of amides is 2. The van der Waals surface area contributed by atoms with Crippen LogP contribution in [0.3, 0.4) is 0 Å². The molecule has 0 atom stereocenters. The highest BCUT2D eigenvalue weighted by atomic mass is 16.5. The number of nitrogens with two attached hydrogens (primary N) is 1. The summed E-state index contributed by atoms with van der Waals surface area (Å²) in [6.45, 7) is 3.75. The molecule has 7 nitrogen and oxygen atoms in total. The highest BCUT2D eigenvalue weighted by Crippen LogP contribution is 2.18. The Labute approximate surface area is 121 Å². The molecule has 0 radical (unpaired) electrons. The maximum absolute atomic E-state index is 11.8. The zero-order chi connectivity index (χ0) is 15.4. The van der Waals surface area contributed by atoms with Crippen molar-refractivity contribution in [3.05, 3.63) is 41.3 Å². The smallest absolute Gasteiger partial charge is 0.314 e. The van der Waals surface area contributed by atoms with Gasteiger partial charge in [-0.1, -0.05) is 17.3 Å². The fourth-order valence-electron chi connectivity index (χ4n) is 1.74. The van der Waals surface area contributed by atoms with Gasteiger partial charge in [0.15, 0.2) is 5.76 Å². The van der Waals surface area contributed by atoms with Crippen LogP contribution in [0.25, 0.3) is 0 Å². The van der Waals surface area contributed by atoms with E-state index in [1.54, 1.807) is 38.1 Å². The Hall–Kier alpha value is -2.67. The number of carbonyl (C=O) groups excluding carboxylic acids is 2. The zero-order valence-electron chi connectivity index (χ0n) is 11.8. The first-order valence-electron chi connectivity index (χ1n) is 6.35. The van der Waals surface area contributed by atoms with E-state index in [2.05, 4.69) is 15.8 Å². The van der Waals surface area contributed by atoms with Gasteiger partial charge in [-0.15, -0.1) is 0 Å². The average molecular weight is 288 g/mol. The van der Waals surface area contributed by atoms with Crippen LogP contribution >= 0.6 is 0 Å². The van der Waals surface area contributed by atoms with Crippen molar-refractivity contribution in [1.82, 2.24) is 5.16 Å². The molecule has 1 aromatic carbocycles. The lowest BCUT2D eigenvalue weighted by Crippen LogP contribution is -2.29. The number of carbonyl (C=O) groups is 2. The first kappa shape index (κ1) is 14.7. The van der Waals surface area contributed by atoms with Gasteiger partial charge in [-0.3, -0.25) is 9.59 Å². The third kappa shape index (κ3) is 3.46. The molecule has 2 aromatic rings. The number of nitrogens with one attached hydrogen (secondary N) is 2. The van der Waals surface area contributed by atoms with Crippen LogP contribution in [-0.4, -0.2) is 17.0 Å². The molecule has 0 aliphatic carbocycles. The topological polar surface area (TPSA) is 110 Å². The van der Waals surface area contributed by atoms with Crippen LogP contribution in [0.4, 0.5) is 11.4 Å². The molecule has 1 heterocycles. The largest absolute Gasteiger partial charge is 0.359 e. The Balaban J connectivity index is 2.01. The van der Waals surface area contributed by atoms with Gasteiger partial charge in [0, 0.05) is 12.2 Å². The minimum absolute atomic E-state index is 0.411. The van der Waals surface area contributed by atoms with Gasteiger partial charge in [0.05, 0.1) is 0 Å². The molecule has 0 aliphatic rings. The van der Waals surface area contributed by atoms with Gasteiger partial charge in [0.1, 0.15) is 11.4 Å². The maximum Gasteiger partial charge on any atom is 0.314 e. The van der Waals surface area contributed by atoms with Crippen LogP contribution in [0.1, 0.15) is 17.0 Å². The van der Waals surface area contributed by atoms with Gasteiger partial charge >= 0.3 is 11.8 Å².